The Morgan fingerprint density at radius 1 is 1.24 bits per heavy atom. The van der Waals surface area contributed by atoms with Crippen molar-refractivity contribution in [2.45, 2.75) is 13.8 Å². The SMILES string of the molecule is CC.O=Cc1ccc2c(Br)cc(Br)c(O)c2n1. The first kappa shape index (κ1) is 14.1. The van der Waals surface area contributed by atoms with E-state index >= 15 is 0 Å². The Labute approximate surface area is 116 Å². The topological polar surface area (TPSA) is 50.2 Å². The van der Waals surface area contributed by atoms with Gasteiger partial charge in [-0.1, -0.05) is 29.8 Å². The lowest BCUT2D eigenvalue weighted by Crippen LogP contribution is -1.89. The molecule has 0 atom stereocenters. The number of phenolic OH excluding ortho intramolecular Hbond substituents is 1. The zero-order valence-corrected chi connectivity index (χ0v) is 12.5. The Kier molecular flexibility index (Phi) is 5.08. The van der Waals surface area contributed by atoms with Crippen LogP contribution >= 0.6 is 31.9 Å². The molecule has 3 nitrogen and oxygen atoms in total. The molecule has 90 valence electrons. The lowest BCUT2D eigenvalue weighted by atomic mass is 10.2. The Balaban J connectivity index is 0.000000686. The van der Waals surface area contributed by atoms with Gasteiger partial charge in [0.1, 0.15) is 11.2 Å². The zero-order chi connectivity index (χ0) is 13.0. The van der Waals surface area contributed by atoms with Crippen molar-refractivity contribution in [3.8, 4) is 5.75 Å². The number of nitrogens with zero attached hydrogens (tertiary/aromatic N) is 1. The third kappa shape index (κ3) is 2.84. The van der Waals surface area contributed by atoms with Crippen LogP contribution in [0.4, 0.5) is 0 Å². The van der Waals surface area contributed by atoms with Crippen molar-refractivity contribution in [1.82, 2.24) is 4.98 Å². The number of aromatic hydroxyl groups is 1. The zero-order valence-electron chi connectivity index (χ0n) is 9.37. The van der Waals surface area contributed by atoms with Gasteiger partial charge in [0.15, 0.2) is 12.0 Å². The van der Waals surface area contributed by atoms with E-state index in [1.165, 1.54) is 0 Å². The molecule has 1 N–H and O–H groups in total. The fourth-order valence-corrected chi connectivity index (χ4v) is 2.56. The second-order valence-corrected chi connectivity index (χ2v) is 4.65. The fourth-order valence-electron chi connectivity index (χ4n) is 1.28. The lowest BCUT2D eigenvalue weighted by Gasteiger charge is -2.05. The second-order valence-electron chi connectivity index (χ2n) is 2.94. The van der Waals surface area contributed by atoms with Gasteiger partial charge < -0.3 is 5.11 Å². The number of rotatable bonds is 1. The Hall–Kier alpha value is -0.940. The van der Waals surface area contributed by atoms with E-state index in [4.69, 9.17) is 0 Å². The number of hydrogen-bond donors (Lipinski definition) is 1. The van der Waals surface area contributed by atoms with Gasteiger partial charge in [0, 0.05) is 9.86 Å². The highest BCUT2D eigenvalue weighted by molar-refractivity contribution is 9.11. The van der Waals surface area contributed by atoms with Crippen LogP contribution < -0.4 is 0 Å². The summed E-state index contributed by atoms with van der Waals surface area (Å²) in [5.74, 6) is 0.0388. The maximum Gasteiger partial charge on any atom is 0.168 e. The molecule has 0 fully saturated rings. The molecule has 1 aromatic carbocycles. The van der Waals surface area contributed by atoms with Crippen molar-refractivity contribution < 1.29 is 9.90 Å². The summed E-state index contributed by atoms with van der Waals surface area (Å²) in [6, 6.07) is 5.08. The molecule has 17 heavy (non-hydrogen) atoms. The van der Waals surface area contributed by atoms with Crippen molar-refractivity contribution >= 4 is 49.0 Å². The van der Waals surface area contributed by atoms with E-state index in [0.717, 1.165) is 9.86 Å². The number of fused-ring (bicyclic) bond motifs is 1. The smallest absolute Gasteiger partial charge is 0.168 e. The largest absolute Gasteiger partial charge is 0.505 e. The quantitative estimate of drug-likeness (QED) is 0.771. The molecule has 0 saturated heterocycles. The first-order valence-corrected chi connectivity index (χ1v) is 6.65. The number of hydrogen-bond acceptors (Lipinski definition) is 3. The number of phenols is 1. The normalized spacial score (nSPS) is 9.65. The van der Waals surface area contributed by atoms with E-state index < -0.39 is 0 Å². The van der Waals surface area contributed by atoms with Crippen LogP contribution in [0.3, 0.4) is 0 Å². The highest BCUT2D eigenvalue weighted by Gasteiger charge is 2.10. The minimum absolute atomic E-state index is 0.0388. The number of halogens is 2. The van der Waals surface area contributed by atoms with Crippen LogP contribution in [0.2, 0.25) is 0 Å². The van der Waals surface area contributed by atoms with Crippen molar-refractivity contribution in [2.24, 2.45) is 0 Å². The number of carbonyl (C=O) groups excluding carboxylic acids is 1. The molecule has 0 aliphatic carbocycles. The van der Waals surface area contributed by atoms with E-state index in [0.29, 0.717) is 22.0 Å². The van der Waals surface area contributed by atoms with Crippen molar-refractivity contribution in [2.75, 3.05) is 0 Å². The summed E-state index contributed by atoms with van der Waals surface area (Å²) in [4.78, 5) is 14.6. The summed E-state index contributed by atoms with van der Waals surface area (Å²) < 4.78 is 1.35. The summed E-state index contributed by atoms with van der Waals surface area (Å²) in [7, 11) is 0. The standard InChI is InChI=1S/C10H5Br2NO2.C2H6/c11-7-3-8(12)10(15)9-6(7)2-1-5(4-14)13-9;1-2/h1-4,15H;1-2H3. The first-order valence-electron chi connectivity index (χ1n) is 5.06. The molecule has 1 heterocycles. The van der Waals surface area contributed by atoms with Gasteiger partial charge in [-0.05, 0) is 34.1 Å². The maximum atomic E-state index is 10.6. The number of aldehydes is 1. The van der Waals surface area contributed by atoms with Crippen LogP contribution in [0.1, 0.15) is 24.3 Å². The van der Waals surface area contributed by atoms with Crippen LogP contribution in [-0.4, -0.2) is 16.4 Å². The van der Waals surface area contributed by atoms with Crippen LogP contribution in [0.15, 0.2) is 27.1 Å². The Bertz CT molecular complexity index is 556. The van der Waals surface area contributed by atoms with E-state index in [2.05, 4.69) is 36.8 Å². The molecule has 2 aromatic rings. The molecule has 0 unspecified atom stereocenters. The molecule has 0 aliphatic rings. The van der Waals surface area contributed by atoms with Gasteiger partial charge in [0.05, 0.1) is 4.47 Å². The molecular weight excluding hydrogens is 350 g/mol. The predicted molar refractivity (Wildman–Crippen MR) is 75.5 cm³/mol. The fraction of sp³-hybridized carbons (Fsp3) is 0.167. The summed E-state index contributed by atoms with van der Waals surface area (Å²) in [6.07, 6.45) is 0.647. The van der Waals surface area contributed by atoms with Gasteiger partial charge in [0.2, 0.25) is 0 Å². The molecule has 0 radical (unpaired) electrons. The average Bonchev–Trinajstić information content (AvgIpc) is 2.38. The molecule has 1 aromatic heterocycles. The summed E-state index contributed by atoms with van der Waals surface area (Å²) in [6.45, 7) is 4.00. The van der Waals surface area contributed by atoms with Gasteiger partial charge >= 0.3 is 0 Å². The van der Waals surface area contributed by atoms with Crippen LogP contribution in [-0.2, 0) is 0 Å². The summed E-state index contributed by atoms with van der Waals surface area (Å²) >= 11 is 6.56. The molecule has 2 rings (SSSR count). The predicted octanol–water partition coefficient (Wildman–Crippen LogP) is 4.30. The van der Waals surface area contributed by atoms with Crippen molar-refractivity contribution in [1.29, 1.82) is 0 Å². The highest BCUT2D eigenvalue weighted by Crippen LogP contribution is 2.36. The number of pyridine rings is 1. The highest BCUT2D eigenvalue weighted by atomic mass is 79.9. The van der Waals surface area contributed by atoms with Crippen molar-refractivity contribution in [3.63, 3.8) is 0 Å². The van der Waals surface area contributed by atoms with Crippen LogP contribution in [0, 0.1) is 0 Å². The third-order valence-electron chi connectivity index (χ3n) is 2.00. The molecule has 5 heteroatoms. The monoisotopic (exact) mass is 359 g/mol. The van der Waals surface area contributed by atoms with E-state index in [9.17, 15) is 9.90 Å². The van der Waals surface area contributed by atoms with Gasteiger partial charge in [-0.2, -0.15) is 0 Å². The summed E-state index contributed by atoms with van der Waals surface area (Å²) in [5, 5.41) is 10.5. The molecular formula is C12H11Br2NO2. The average molecular weight is 361 g/mol. The second kappa shape index (κ2) is 6.12. The lowest BCUT2D eigenvalue weighted by molar-refractivity contribution is 0.111. The molecule has 0 aliphatic heterocycles. The number of aromatic nitrogens is 1. The minimum atomic E-state index is 0.0388. The van der Waals surface area contributed by atoms with E-state index in [-0.39, 0.29) is 5.75 Å². The van der Waals surface area contributed by atoms with Gasteiger partial charge in [-0.15, -0.1) is 0 Å². The maximum absolute atomic E-state index is 10.6. The van der Waals surface area contributed by atoms with Gasteiger partial charge in [-0.25, -0.2) is 4.98 Å². The Morgan fingerprint density at radius 2 is 1.88 bits per heavy atom. The number of carbonyl (C=O) groups is 1. The summed E-state index contributed by atoms with van der Waals surface area (Å²) in [5.41, 5.74) is 0.698. The minimum Gasteiger partial charge on any atom is -0.505 e. The van der Waals surface area contributed by atoms with Gasteiger partial charge in [-0.3, -0.25) is 4.79 Å². The van der Waals surface area contributed by atoms with Gasteiger partial charge in [0.25, 0.3) is 0 Å². The molecule has 0 bridgehead atoms. The first-order chi connectivity index (χ1) is 8.13. The third-order valence-corrected chi connectivity index (χ3v) is 3.26. The van der Waals surface area contributed by atoms with Crippen molar-refractivity contribution in [3.05, 3.63) is 32.8 Å². The molecule has 0 spiro atoms. The van der Waals surface area contributed by atoms with Crippen LogP contribution in [0.5, 0.6) is 5.75 Å². The van der Waals surface area contributed by atoms with Crippen LogP contribution in [0.25, 0.3) is 10.9 Å². The molecule has 0 amide bonds. The molecule has 0 saturated carbocycles. The van der Waals surface area contributed by atoms with E-state index in [1.807, 2.05) is 13.8 Å². The number of benzene rings is 1. The Morgan fingerprint density at radius 3 is 2.47 bits per heavy atom. The van der Waals surface area contributed by atoms with E-state index in [1.54, 1.807) is 18.2 Å².